The lowest BCUT2D eigenvalue weighted by molar-refractivity contribution is -0.385. The molecule has 1 saturated heterocycles. The third kappa shape index (κ3) is 3.29. The molecule has 1 heterocycles. The first-order chi connectivity index (χ1) is 9.08. The summed E-state index contributed by atoms with van der Waals surface area (Å²) in [6, 6.07) is 4.62. The van der Waals surface area contributed by atoms with Gasteiger partial charge in [-0.3, -0.25) is 14.9 Å². The number of aryl methyl sites for hydroxylation is 1. The van der Waals surface area contributed by atoms with Crippen LogP contribution in [0.4, 0.5) is 5.69 Å². The number of piperidine rings is 1. The molecule has 0 aromatic heterocycles. The Hall–Kier alpha value is -1.95. The van der Waals surface area contributed by atoms with Crippen molar-refractivity contribution in [1.29, 1.82) is 0 Å². The SMILES string of the molecule is Cc1ccc([N+](=O)[O-])c(C(=O)N[C@@H]2CCCNC2)c1. The molecule has 6 nitrogen and oxygen atoms in total. The molecule has 1 aromatic carbocycles. The highest BCUT2D eigenvalue weighted by molar-refractivity contribution is 5.98. The topological polar surface area (TPSA) is 84.3 Å². The highest BCUT2D eigenvalue weighted by atomic mass is 16.6. The molecule has 0 saturated carbocycles. The van der Waals surface area contributed by atoms with Gasteiger partial charge in [-0.25, -0.2) is 0 Å². The van der Waals surface area contributed by atoms with Crippen molar-refractivity contribution in [3.05, 3.63) is 39.4 Å². The van der Waals surface area contributed by atoms with Gasteiger partial charge in [0.1, 0.15) is 5.56 Å². The van der Waals surface area contributed by atoms with Crippen LogP contribution >= 0.6 is 0 Å². The molecule has 0 unspecified atom stereocenters. The van der Waals surface area contributed by atoms with Gasteiger partial charge < -0.3 is 10.6 Å². The molecule has 19 heavy (non-hydrogen) atoms. The molecular formula is C13H17N3O3. The van der Waals surface area contributed by atoms with Gasteiger partial charge in [-0.05, 0) is 37.9 Å². The molecule has 1 atom stereocenters. The average molecular weight is 263 g/mol. The Labute approximate surface area is 111 Å². The van der Waals surface area contributed by atoms with Gasteiger partial charge >= 0.3 is 0 Å². The van der Waals surface area contributed by atoms with Crippen LogP contribution in [0.25, 0.3) is 0 Å². The number of rotatable bonds is 3. The van der Waals surface area contributed by atoms with Gasteiger partial charge in [0.2, 0.25) is 0 Å². The van der Waals surface area contributed by atoms with Crippen LogP contribution in [-0.4, -0.2) is 30.0 Å². The van der Waals surface area contributed by atoms with Crippen LogP contribution in [0.15, 0.2) is 18.2 Å². The lowest BCUT2D eigenvalue weighted by Crippen LogP contribution is -2.45. The average Bonchev–Trinajstić information content (AvgIpc) is 2.39. The van der Waals surface area contributed by atoms with Crippen LogP contribution in [0.2, 0.25) is 0 Å². The molecule has 1 amide bonds. The largest absolute Gasteiger partial charge is 0.348 e. The molecule has 6 heteroatoms. The maximum Gasteiger partial charge on any atom is 0.282 e. The van der Waals surface area contributed by atoms with Crippen LogP contribution in [0.3, 0.4) is 0 Å². The van der Waals surface area contributed by atoms with Crippen molar-refractivity contribution in [2.24, 2.45) is 0 Å². The van der Waals surface area contributed by atoms with Crippen molar-refractivity contribution >= 4 is 11.6 Å². The number of hydrogen-bond donors (Lipinski definition) is 2. The maximum atomic E-state index is 12.1. The molecular weight excluding hydrogens is 246 g/mol. The predicted octanol–water partition coefficient (Wildman–Crippen LogP) is 1.39. The second-order valence-corrected chi connectivity index (χ2v) is 4.79. The number of nitrogens with zero attached hydrogens (tertiary/aromatic N) is 1. The van der Waals surface area contributed by atoms with E-state index in [1.807, 2.05) is 6.92 Å². The van der Waals surface area contributed by atoms with E-state index in [2.05, 4.69) is 10.6 Å². The summed E-state index contributed by atoms with van der Waals surface area (Å²) >= 11 is 0. The molecule has 1 aliphatic heterocycles. The minimum atomic E-state index is -0.520. The van der Waals surface area contributed by atoms with Crippen LogP contribution in [-0.2, 0) is 0 Å². The molecule has 2 rings (SSSR count). The Morgan fingerprint density at radius 1 is 1.53 bits per heavy atom. The van der Waals surface area contributed by atoms with Crippen molar-refractivity contribution in [2.45, 2.75) is 25.8 Å². The molecule has 0 spiro atoms. The molecule has 0 aliphatic carbocycles. The van der Waals surface area contributed by atoms with E-state index < -0.39 is 4.92 Å². The summed E-state index contributed by atoms with van der Waals surface area (Å²) in [5.74, 6) is -0.371. The number of nitro benzene ring substituents is 1. The van der Waals surface area contributed by atoms with E-state index in [1.165, 1.54) is 6.07 Å². The Balaban J connectivity index is 2.17. The number of nitro groups is 1. The van der Waals surface area contributed by atoms with Crippen molar-refractivity contribution in [3.8, 4) is 0 Å². The number of carbonyl (C=O) groups is 1. The molecule has 2 N–H and O–H groups in total. The first kappa shape index (κ1) is 13.5. The number of carbonyl (C=O) groups excluding carboxylic acids is 1. The molecule has 0 bridgehead atoms. The Morgan fingerprint density at radius 2 is 2.32 bits per heavy atom. The Bertz CT molecular complexity index is 496. The van der Waals surface area contributed by atoms with Gasteiger partial charge in [0.05, 0.1) is 4.92 Å². The van der Waals surface area contributed by atoms with E-state index in [0.717, 1.165) is 24.9 Å². The lowest BCUT2D eigenvalue weighted by Gasteiger charge is -2.23. The first-order valence-corrected chi connectivity index (χ1v) is 6.34. The monoisotopic (exact) mass is 263 g/mol. The Kier molecular flexibility index (Phi) is 4.11. The Morgan fingerprint density at radius 3 is 2.95 bits per heavy atom. The standard InChI is InChI=1S/C13H17N3O3/c1-9-4-5-12(16(18)19)11(7-9)13(17)15-10-3-2-6-14-8-10/h4-5,7,10,14H,2-3,6,8H2,1H3,(H,15,17)/t10-/m1/s1. The summed E-state index contributed by atoms with van der Waals surface area (Å²) in [5.41, 5.74) is 0.819. The van der Waals surface area contributed by atoms with E-state index in [0.29, 0.717) is 6.54 Å². The smallest absolute Gasteiger partial charge is 0.282 e. The van der Waals surface area contributed by atoms with Crippen LogP contribution in [0.1, 0.15) is 28.8 Å². The lowest BCUT2D eigenvalue weighted by atomic mass is 10.1. The number of amides is 1. The molecule has 1 aliphatic rings. The summed E-state index contributed by atoms with van der Waals surface area (Å²) in [6.07, 6.45) is 1.90. The third-order valence-electron chi connectivity index (χ3n) is 3.23. The van der Waals surface area contributed by atoms with E-state index in [4.69, 9.17) is 0 Å². The molecule has 102 valence electrons. The second kappa shape index (κ2) is 5.79. The summed E-state index contributed by atoms with van der Waals surface area (Å²) < 4.78 is 0. The van der Waals surface area contributed by atoms with E-state index in [9.17, 15) is 14.9 Å². The normalized spacial score (nSPS) is 18.9. The number of hydrogen-bond acceptors (Lipinski definition) is 4. The summed E-state index contributed by atoms with van der Waals surface area (Å²) in [4.78, 5) is 22.6. The highest BCUT2D eigenvalue weighted by Gasteiger charge is 2.23. The van der Waals surface area contributed by atoms with E-state index >= 15 is 0 Å². The van der Waals surface area contributed by atoms with Crippen molar-refractivity contribution in [1.82, 2.24) is 10.6 Å². The zero-order valence-corrected chi connectivity index (χ0v) is 10.8. The fourth-order valence-electron chi connectivity index (χ4n) is 2.23. The zero-order chi connectivity index (χ0) is 13.8. The minimum Gasteiger partial charge on any atom is -0.348 e. The summed E-state index contributed by atoms with van der Waals surface area (Å²) in [5, 5.41) is 17.0. The van der Waals surface area contributed by atoms with Crippen molar-refractivity contribution in [2.75, 3.05) is 13.1 Å². The van der Waals surface area contributed by atoms with Crippen LogP contribution in [0.5, 0.6) is 0 Å². The third-order valence-corrected chi connectivity index (χ3v) is 3.23. The maximum absolute atomic E-state index is 12.1. The van der Waals surface area contributed by atoms with Gasteiger partial charge in [-0.1, -0.05) is 6.07 Å². The van der Waals surface area contributed by atoms with Gasteiger partial charge in [0, 0.05) is 18.7 Å². The highest BCUT2D eigenvalue weighted by Crippen LogP contribution is 2.20. The van der Waals surface area contributed by atoms with Crippen molar-refractivity contribution < 1.29 is 9.72 Å². The predicted molar refractivity (Wildman–Crippen MR) is 71.2 cm³/mol. The van der Waals surface area contributed by atoms with E-state index in [-0.39, 0.29) is 23.2 Å². The molecule has 0 radical (unpaired) electrons. The summed E-state index contributed by atoms with van der Waals surface area (Å²) in [7, 11) is 0. The fourth-order valence-corrected chi connectivity index (χ4v) is 2.23. The van der Waals surface area contributed by atoms with Gasteiger partial charge in [0.15, 0.2) is 0 Å². The molecule has 1 fully saturated rings. The van der Waals surface area contributed by atoms with Gasteiger partial charge in [0.25, 0.3) is 11.6 Å². The number of benzene rings is 1. The van der Waals surface area contributed by atoms with E-state index in [1.54, 1.807) is 12.1 Å². The minimum absolute atomic E-state index is 0.0429. The van der Waals surface area contributed by atoms with Crippen LogP contribution in [0, 0.1) is 17.0 Å². The van der Waals surface area contributed by atoms with Gasteiger partial charge in [-0.15, -0.1) is 0 Å². The quantitative estimate of drug-likeness (QED) is 0.637. The van der Waals surface area contributed by atoms with Gasteiger partial charge in [-0.2, -0.15) is 0 Å². The fraction of sp³-hybridized carbons (Fsp3) is 0.462. The second-order valence-electron chi connectivity index (χ2n) is 4.79. The summed E-state index contributed by atoms with van der Waals surface area (Å²) in [6.45, 7) is 3.48. The zero-order valence-electron chi connectivity index (χ0n) is 10.8. The first-order valence-electron chi connectivity index (χ1n) is 6.34. The van der Waals surface area contributed by atoms with Crippen molar-refractivity contribution in [3.63, 3.8) is 0 Å². The van der Waals surface area contributed by atoms with Crippen LogP contribution < -0.4 is 10.6 Å². The number of nitrogens with one attached hydrogen (secondary N) is 2. The molecule has 1 aromatic rings.